The molecule has 0 saturated carbocycles. The maximum atomic E-state index is 13.2. The molecule has 3 aromatic heterocycles. The topological polar surface area (TPSA) is 254 Å². The molecule has 0 unspecified atom stereocenters. The monoisotopic (exact) mass is 1020 g/mol. The van der Waals surface area contributed by atoms with Crippen LogP contribution in [-0.4, -0.2) is 140 Å². The second kappa shape index (κ2) is 27.0. The predicted octanol–water partition coefficient (Wildman–Crippen LogP) is 6.40. The first-order valence-corrected chi connectivity index (χ1v) is 24.5. The van der Waals surface area contributed by atoms with Crippen LogP contribution in [0.5, 0.6) is 0 Å². The average molecular weight is 1030 g/mol. The maximum Gasteiger partial charge on any atom is 0.348 e. The average Bonchev–Trinajstić information content (AvgIpc) is 3.96. The molecule has 1 aliphatic heterocycles. The van der Waals surface area contributed by atoms with Gasteiger partial charge in [0.2, 0.25) is 11.8 Å². The maximum absolute atomic E-state index is 13.2. The molecular weight excluding hydrogens is 968 g/mol. The smallest absolute Gasteiger partial charge is 0.348 e. The third kappa shape index (κ3) is 15.4. The van der Waals surface area contributed by atoms with Crippen molar-refractivity contribution in [3.05, 3.63) is 102 Å². The number of thiophene rings is 1. The molecule has 4 N–H and O–H groups in total. The van der Waals surface area contributed by atoms with Crippen molar-refractivity contribution >= 4 is 79.2 Å². The quantitative estimate of drug-likeness (QED) is 0.0230. The van der Waals surface area contributed by atoms with Gasteiger partial charge in [-0.3, -0.25) is 39.4 Å². The summed E-state index contributed by atoms with van der Waals surface area (Å²) in [4.78, 5) is 58.9. The van der Waals surface area contributed by atoms with Gasteiger partial charge in [-0.15, -0.1) is 21.5 Å². The van der Waals surface area contributed by atoms with Crippen molar-refractivity contribution in [1.29, 1.82) is 0 Å². The Morgan fingerprint density at radius 3 is 1.97 bits per heavy atom. The Hall–Kier alpha value is -5.76. The minimum atomic E-state index is -0.574. The number of halogens is 1. The number of benzene rings is 2. The number of rotatable bonds is 29. The van der Waals surface area contributed by atoms with Gasteiger partial charge in [-0.05, 0) is 74.9 Å². The molecule has 3 amide bonds. The van der Waals surface area contributed by atoms with E-state index < -0.39 is 16.9 Å². The van der Waals surface area contributed by atoms with Gasteiger partial charge in [0.15, 0.2) is 11.0 Å². The first kappa shape index (κ1) is 53.6. The summed E-state index contributed by atoms with van der Waals surface area (Å²) in [5.74, 6) is 0.235. The fraction of sp³-hybridized carbons (Fsp3) is 0.457. The Kier molecular flexibility index (Phi) is 20.7. The highest BCUT2D eigenvalue weighted by Gasteiger charge is 2.32. The number of amides is 3. The lowest BCUT2D eigenvalue weighted by Crippen LogP contribution is -2.29. The molecular formula is C46H57ClN10O11S2. The summed E-state index contributed by atoms with van der Waals surface area (Å²) in [5, 5.41) is 32.8. The molecule has 21 nitrogen and oxygen atoms in total. The van der Waals surface area contributed by atoms with Gasteiger partial charge in [0, 0.05) is 46.7 Å². The van der Waals surface area contributed by atoms with E-state index in [-0.39, 0.29) is 45.3 Å². The van der Waals surface area contributed by atoms with E-state index in [0.29, 0.717) is 109 Å². The van der Waals surface area contributed by atoms with Crippen LogP contribution in [0.3, 0.4) is 0 Å². The molecule has 70 heavy (non-hydrogen) atoms. The van der Waals surface area contributed by atoms with Crippen molar-refractivity contribution in [1.82, 2.24) is 25.1 Å². The Balaban J connectivity index is 0.748. The number of carbonyl (C=O) groups excluding carboxylic acids is 3. The molecule has 2 aromatic carbocycles. The molecule has 1 aliphatic rings. The number of anilines is 3. The molecule has 0 spiro atoms. The number of nitrogens with zero attached hydrogens (tertiary/aromatic N) is 6. The van der Waals surface area contributed by atoms with Crippen molar-refractivity contribution in [2.45, 2.75) is 47.1 Å². The number of hydrogen-bond acceptors (Lipinski definition) is 18. The molecule has 376 valence electrons. The van der Waals surface area contributed by atoms with Gasteiger partial charge in [0.1, 0.15) is 22.6 Å². The third-order valence-electron chi connectivity index (χ3n) is 10.5. The zero-order chi connectivity index (χ0) is 50.0. The largest absolute Gasteiger partial charge is 0.383 e. The molecule has 24 heteroatoms. The van der Waals surface area contributed by atoms with Gasteiger partial charge in [-0.1, -0.05) is 23.7 Å². The van der Waals surface area contributed by atoms with Gasteiger partial charge < -0.3 is 44.4 Å². The van der Waals surface area contributed by atoms with Gasteiger partial charge in [0.05, 0.1) is 108 Å². The van der Waals surface area contributed by atoms with Crippen LogP contribution >= 0.6 is 34.3 Å². The molecule has 4 heterocycles. The standard InChI is InChI=1S/C46H57ClN10O11S2/c1-28-30(3)69-45-40(28)41(33-6-8-34(47)9-7-33)52-38(42-55-54-31(4)56(42)45)27-39(59)49-13-15-64-17-19-66-21-23-68-25-24-67-22-20-65-18-16-63-14-12-48-35-10-11-36(37(26-35)51-32(5)58)43(60)53-46-50-29(2)44(70-46)57(61)62/h6-11,26,38,48H,12-25,27H2,1-5H3,(H,49,59)(H,51,58)(H,50,53,60)/t38-/m0/s1. The SMILES string of the molecule is CC(=O)Nc1cc(NCCOCCOCCOCCOCCOCCOCCNC(=O)C[C@@H]2N=C(c3ccc(Cl)cc3)c3c(sc(C)c3C)-n3c(C)nnc32)ccc1C(=O)Nc1nc(C)c([N+](=O)[O-])s1. The number of nitrogens with one attached hydrogen (secondary N) is 4. The van der Waals surface area contributed by atoms with E-state index in [1.807, 2.05) is 35.8 Å². The van der Waals surface area contributed by atoms with Crippen molar-refractivity contribution in [3.63, 3.8) is 0 Å². The van der Waals surface area contributed by atoms with E-state index in [2.05, 4.69) is 50.3 Å². The number of hydrogen-bond donors (Lipinski definition) is 4. The Labute approximate surface area is 417 Å². The summed E-state index contributed by atoms with van der Waals surface area (Å²) < 4.78 is 35.6. The summed E-state index contributed by atoms with van der Waals surface area (Å²) in [6.45, 7) is 14.4. The van der Waals surface area contributed by atoms with E-state index in [0.717, 1.165) is 44.6 Å². The van der Waals surface area contributed by atoms with Gasteiger partial charge in [-0.2, -0.15) is 0 Å². The number of ether oxygens (including phenoxy) is 6. The molecule has 1 atom stereocenters. The molecule has 0 radical (unpaired) electrons. The number of fused-ring (bicyclic) bond motifs is 3. The van der Waals surface area contributed by atoms with Crippen LogP contribution < -0.4 is 21.3 Å². The highest BCUT2D eigenvalue weighted by Crippen LogP contribution is 2.40. The van der Waals surface area contributed by atoms with Gasteiger partial charge >= 0.3 is 5.00 Å². The second-order valence-electron chi connectivity index (χ2n) is 15.6. The highest BCUT2D eigenvalue weighted by molar-refractivity contribution is 7.19. The van der Waals surface area contributed by atoms with E-state index in [1.165, 1.54) is 24.8 Å². The Morgan fingerprint density at radius 1 is 0.786 bits per heavy atom. The van der Waals surface area contributed by atoms with Crippen LogP contribution in [0.15, 0.2) is 47.5 Å². The van der Waals surface area contributed by atoms with Crippen molar-refractivity contribution < 1.29 is 47.7 Å². The minimum absolute atomic E-state index is 0.0802. The first-order chi connectivity index (χ1) is 33.8. The fourth-order valence-corrected chi connectivity index (χ4v) is 9.15. The molecule has 0 bridgehead atoms. The van der Waals surface area contributed by atoms with Crippen molar-refractivity contribution in [3.8, 4) is 5.00 Å². The second-order valence-corrected chi connectivity index (χ2v) is 18.2. The lowest BCUT2D eigenvalue weighted by molar-refractivity contribution is -0.380. The van der Waals surface area contributed by atoms with E-state index in [1.54, 1.807) is 23.5 Å². The lowest BCUT2D eigenvalue weighted by atomic mass is 9.99. The van der Waals surface area contributed by atoms with E-state index >= 15 is 0 Å². The highest BCUT2D eigenvalue weighted by atomic mass is 35.5. The lowest BCUT2D eigenvalue weighted by Gasteiger charge is -2.13. The van der Waals surface area contributed by atoms with Crippen molar-refractivity contribution in [2.24, 2.45) is 4.99 Å². The summed E-state index contributed by atoms with van der Waals surface area (Å²) in [5.41, 5.74) is 5.11. The van der Waals surface area contributed by atoms with Crippen LogP contribution in [0.2, 0.25) is 5.02 Å². The number of carbonyl (C=O) groups is 3. The molecule has 6 rings (SSSR count). The Bertz CT molecular complexity index is 2600. The van der Waals surface area contributed by atoms with Gasteiger partial charge in [-0.25, -0.2) is 4.98 Å². The van der Waals surface area contributed by atoms with Crippen molar-refractivity contribution in [2.75, 3.05) is 108 Å². The molecule has 0 fully saturated rings. The predicted molar refractivity (Wildman–Crippen MR) is 267 cm³/mol. The van der Waals surface area contributed by atoms with E-state index in [4.69, 9.17) is 45.0 Å². The van der Waals surface area contributed by atoms with E-state index in [9.17, 15) is 24.5 Å². The molecule has 0 aliphatic carbocycles. The number of aromatic nitrogens is 4. The number of thiazole rings is 1. The van der Waals surface area contributed by atoms with Crippen LogP contribution in [0.1, 0.15) is 68.7 Å². The summed E-state index contributed by atoms with van der Waals surface area (Å²) >= 11 is 8.63. The zero-order valence-corrected chi connectivity index (χ0v) is 42.0. The minimum Gasteiger partial charge on any atom is -0.383 e. The number of nitro groups is 1. The Morgan fingerprint density at radius 2 is 1.39 bits per heavy atom. The molecule has 5 aromatic rings. The van der Waals surface area contributed by atoms with Gasteiger partial charge in [0.25, 0.3) is 5.91 Å². The van der Waals surface area contributed by atoms with Crippen LogP contribution in [0.25, 0.3) is 5.00 Å². The summed E-state index contributed by atoms with van der Waals surface area (Å²) in [7, 11) is 0. The third-order valence-corrected chi connectivity index (χ3v) is 12.9. The fourth-order valence-electron chi connectivity index (χ4n) is 7.03. The zero-order valence-electron chi connectivity index (χ0n) is 39.6. The first-order valence-electron chi connectivity index (χ1n) is 22.5. The normalized spacial score (nSPS) is 13.0. The van der Waals surface area contributed by atoms with Crippen LogP contribution in [-0.2, 0) is 38.0 Å². The number of aryl methyl sites for hydroxylation is 3. The van der Waals surface area contributed by atoms with Crippen LogP contribution in [0, 0.1) is 37.8 Å². The van der Waals surface area contributed by atoms with Crippen LogP contribution in [0.4, 0.5) is 21.5 Å². The molecule has 0 saturated heterocycles. The summed E-state index contributed by atoms with van der Waals surface area (Å²) in [6, 6.07) is 11.9. The summed E-state index contributed by atoms with van der Waals surface area (Å²) in [6.07, 6.45) is 0.0923. The number of aliphatic imine (C=N–C) groups is 1.